The molecule has 0 aromatic rings. The zero-order chi connectivity index (χ0) is 74.5. The van der Waals surface area contributed by atoms with E-state index in [2.05, 4.69) is 21.3 Å². The molecule has 37 heteroatoms. The largest absolute Gasteiger partial charge is 0.472 e. The Hall–Kier alpha value is -3.72. The molecule has 17 atom stereocenters. The van der Waals surface area contributed by atoms with E-state index in [1.807, 2.05) is 0 Å². The fourth-order valence-corrected chi connectivity index (χ4v) is 14.6. The van der Waals surface area contributed by atoms with Gasteiger partial charge in [0.2, 0.25) is 35.4 Å². The lowest BCUT2D eigenvalue weighted by atomic mass is 9.93. The summed E-state index contributed by atoms with van der Waals surface area (Å²) in [6, 6.07) is -3.63. The summed E-state index contributed by atoms with van der Waals surface area (Å²) in [7, 11) is -4.78. The fraction of sp³-hybridized carbons (Fsp3) is 0.875. The molecule has 0 aromatic heterocycles. The fourth-order valence-electron chi connectivity index (χ4n) is 12.5. The number of amides is 6. The number of nitrogens with one attached hydrogen (secondary N) is 4. The Morgan fingerprint density at radius 2 is 1.05 bits per heavy atom. The Balaban J connectivity index is 1.15. The third-order valence-electron chi connectivity index (χ3n) is 17.9. The molecule has 4 saturated heterocycles. The lowest BCUT2D eigenvalue weighted by Gasteiger charge is -2.42. The number of carbonyl (C=O) groups excluding carboxylic acids is 8. The van der Waals surface area contributed by atoms with Gasteiger partial charge in [-0.15, -0.1) is 0 Å². The molecule has 0 bridgehead atoms. The number of aliphatic hydroxyl groups excluding tert-OH is 8. The third kappa shape index (κ3) is 34.2. The second-order valence-electron chi connectivity index (χ2n) is 26.3. The highest BCUT2D eigenvalue weighted by Crippen LogP contribution is 2.48. The monoisotopic (exact) mass is 1510 g/mol. The van der Waals surface area contributed by atoms with E-state index < -0.39 is 144 Å². The number of rotatable bonds is 53. The van der Waals surface area contributed by atoms with E-state index in [9.17, 15) is 88.5 Å². The summed E-state index contributed by atoms with van der Waals surface area (Å²) in [6.07, 6.45) is -1.76. The van der Waals surface area contributed by atoms with Crippen LogP contribution in [0.2, 0.25) is 0 Å². The lowest BCUT2D eigenvalue weighted by Crippen LogP contribution is -2.64. The summed E-state index contributed by atoms with van der Waals surface area (Å²) in [5.41, 5.74) is 5.59. The Labute approximate surface area is 596 Å². The minimum atomic E-state index is -4.78. The van der Waals surface area contributed by atoms with Crippen molar-refractivity contribution in [3.05, 3.63) is 0 Å². The number of unbranched alkanes of at least 4 members (excludes halogenated alkanes) is 10. The highest BCUT2D eigenvalue weighted by atomic mass is 32.5. The summed E-state index contributed by atoms with van der Waals surface area (Å²) in [5, 5.41) is 91.2. The van der Waals surface area contributed by atoms with Gasteiger partial charge in [-0.2, -0.15) is 0 Å². The molecule has 4 fully saturated rings. The van der Waals surface area contributed by atoms with Crippen molar-refractivity contribution in [2.75, 3.05) is 85.6 Å². The number of aliphatic hydroxyl groups is 8. The molecular formula is C64H115N7O27P2S. The van der Waals surface area contributed by atoms with Gasteiger partial charge in [0.1, 0.15) is 60.3 Å². The van der Waals surface area contributed by atoms with Crippen LogP contribution in [-0.4, -0.2) is 279 Å². The maximum absolute atomic E-state index is 13.6. The first-order valence-corrected chi connectivity index (χ1v) is 39.7. The van der Waals surface area contributed by atoms with Gasteiger partial charge in [0.15, 0.2) is 12.6 Å². The number of likely N-dealkylation sites (tertiary alicyclic amines) is 2. The van der Waals surface area contributed by atoms with Crippen molar-refractivity contribution in [3.63, 3.8) is 0 Å². The van der Waals surface area contributed by atoms with Crippen molar-refractivity contribution in [3.8, 4) is 0 Å². The molecule has 9 unspecified atom stereocenters. The normalized spacial score (nSPS) is 26.7. The summed E-state index contributed by atoms with van der Waals surface area (Å²) in [5.74, 6) is -2.82. The van der Waals surface area contributed by atoms with E-state index in [1.165, 1.54) is 23.6 Å². The average molecular weight is 1510 g/mol. The Morgan fingerprint density at radius 1 is 0.564 bits per heavy atom. The molecule has 0 saturated carbocycles. The lowest BCUT2D eigenvalue weighted by molar-refractivity contribution is -0.270. The topological polar surface area (TPSA) is 510 Å². The number of ketones is 2. The molecule has 4 heterocycles. The number of hydrogen-bond donors (Lipinski definition) is 15. The molecule has 0 spiro atoms. The minimum absolute atomic E-state index is 0.00666. The van der Waals surface area contributed by atoms with Gasteiger partial charge in [0, 0.05) is 104 Å². The van der Waals surface area contributed by atoms with Crippen LogP contribution >= 0.6 is 14.5 Å². The summed E-state index contributed by atoms with van der Waals surface area (Å²) < 4.78 is 57.3. The van der Waals surface area contributed by atoms with Crippen LogP contribution in [0.15, 0.2) is 0 Å². The zero-order valence-electron chi connectivity index (χ0n) is 58.4. The molecule has 101 heavy (non-hydrogen) atoms. The Kier molecular flexibility index (Phi) is 43.0. The molecular weight excluding hydrogens is 1390 g/mol. The number of carbonyl (C=O) groups is 8. The maximum atomic E-state index is 13.6. The second-order valence-corrected chi connectivity index (χ2v) is 30.5. The number of nitrogens with two attached hydrogens (primary N) is 1. The van der Waals surface area contributed by atoms with E-state index in [0.717, 1.165) is 12.8 Å². The third-order valence-corrected chi connectivity index (χ3v) is 20.5. The number of phosphoric ester groups is 1. The van der Waals surface area contributed by atoms with E-state index >= 15 is 0 Å². The SMILES string of the molecule is CC(=O)NC1[C@H](OCCCCC(=O)NCCCC[C@H](CC(=O)CCCCOC2OC(CO)[C@H](O)[C@H](O)[C@@H]2NC(C)=O)C(=O)NCCCCCC(=O)CCCCCCC(=O)N2C[C@H](O)CC2COP(=O)(O)O[C@@H]2CC(COP(O)(=S)OCCO)N(C(=O)CCCCCN)C2)OC(CO)C(O)[C@@H]1O. The van der Waals surface area contributed by atoms with E-state index in [-0.39, 0.29) is 120 Å². The second kappa shape index (κ2) is 48.5. The zero-order valence-corrected chi connectivity index (χ0v) is 61.0. The van der Waals surface area contributed by atoms with E-state index in [1.54, 1.807) is 0 Å². The van der Waals surface area contributed by atoms with Crippen molar-refractivity contribution in [1.82, 2.24) is 31.1 Å². The number of ether oxygens (including phenoxy) is 4. The molecule has 6 amide bonds. The van der Waals surface area contributed by atoms with Crippen LogP contribution in [0, 0.1) is 5.92 Å². The van der Waals surface area contributed by atoms with Crippen LogP contribution < -0.4 is 27.0 Å². The van der Waals surface area contributed by atoms with Gasteiger partial charge in [-0.05, 0) is 108 Å². The summed E-state index contributed by atoms with van der Waals surface area (Å²) >= 11 is 4.99. The first kappa shape index (κ1) is 89.7. The van der Waals surface area contributed by atoms with Crippen LogP contribution in [0.5, 0.6) is 0 Å². The molecule has 4 aliphatic heterocycles. The van der Waals surface area contributed by atoms with Crippen LogP contribution in [0.3, 0.4) is 0 Å². The number of phosphoric acid groups is 1. The molecule has 0 aliphatic carbocycles. The molecule has 0 aromatic carbocycles. The molecule has 584 valence electrons. The highest BCUT2D eigenvalue weighted by Gasteiger charge is 2.47. The van der Waals surface area contributed by atoms with Gasteiger partial charge >= 0.3 is 14.5 Å². The molecule has 34 nitrogen and oxygen atoms in total. The molecule has 4 rings (SSSR count). The van der Waals surface area contributed by atoms with Crippen molar-refractivity contribution in [2.45, 2.75) is 266 Å². The molecule has 0 radical (unpaired) electrons. The highest BCUT2D eigenvalue weighted by molar-refractivity contribution is 8.07. The van der Waals surface area contributed by atoms with Crippen molar-refractivity contribution in [1.29, 1.82) is 0 Å². The summed E-state index contributed by atoms with van der Waals surface area (Å²) in [6.45, 7) is -2.70. The molecule has 16 N–H and O–H groups in total. The quantitative estimate of drug-likeness (QED) is 0.0270. The number of hydrogen-bond acceptors (Lipinski definition) is 27. The van der Waals surface area contributed by atoms with Crippen LogP contribution in [0.1, 0.15) is 181 Å². The van der Waals surface area contributed by atoms with Gasteiger partial charge in [0.05, 0.1) is 63.9 Å². The van der Waals surface area contributed by atoms with Crippen LogP contribution in [-0.2, 0) is 91.8 Å². The Bertz CT molecular complexity index is 2610. The van der Waals surface area contributed by atoms with Gasteiger partial charge in [0.25, 0.3) is 0 Å². The summed E-state index contributed by atoms with van der Waals surface area (Å²) in [4.78, 5) is 127. The van der Waals surface area contributed by atoms with Crippen molar-refractivity contribution < 1.29 is 131 Å². The van der Waals surface area contributed by atoms with Gasteiger partial charge in [-0.1, -0.05) is 32.1 Å². The van der Waals surface area contributed by atoms with Gasteiger partial charge in [-0.25, -0.2) is 4.57 Å². The number of β-amino-alcohol motifs (C(OH)–C–C–N with tert-alkyl or cyclic N) is 1. The first-order chi connectivity index (χ1) is 48.1. The predicted octanol–water partition coefficient (Wildman–Crippen LogP) is -0.478. The van der Waals surface area contributed by atoms with Gasteiger partial charge in [-0.3, -0.25) is 47.4 Å². The first-order valence-electron chi connectivity index (χ1n) is 35.6. The van der Waals surface area contributed by atoms with Crippen LogP contribution in [0.4, 0.5) is 0 Å². The van der Waals surface area contributed by atoms with Crippen molar-refractivity contribution in [2.24, 2.45) is 11.7 Å². The van der Waals surface area contributed by atoms with Crippen molar-refractivity contribution >= 4 is 73.4 Å². The smallest absolute Gasteiger partial charge is 0.394 e. The average Bonchev–Trinajstić information content (AvgIpc) is 1.30. The maximum Gasteiger partial charge on any atom is 0.472 e. The van der Waals surface area contributed by atoms with E-state index in [4.69, 9.17) is 59.7 Å². The molecule has 4 aliphatic rings. The van der Waals surface area contributed by atoms with E-state index in [0.29, 0.717) is 129 Å². The van der Waals surface area contributed by atoms with Gasteiger partial charge < -0.3 is 115 Å². The minimum Gasteiger partial charge on any atom is -0.394 e. The number of Topliss-reactive ketones (excluding diaryl/α,β-unsaturated/α-hetero) is 2. The van der Waals surface area contributed by atoms with Crippen LogP contribution in [0.25, 0.3) is 0 Å². The standard InChI is InChI=1S/C64H115N7O27P2S/c1-42(75)68-56-60(85)58(83)51(38-73)96-63(56)91-30-17-12-22-48(78)33-44(19-11-16-27-66-53(80)23-13-18-31-92-64-57(69-43(2)76)61(86)59(84)52(39-74)97-64)62(87)67-28-15-6-8-21-47(77)20-7-3-4-9-24-54(81)70-36-49(79)34-45(70)40-94-99(88,89)98-50-35-46(41-95-100(90,101)93-32-29-72)71(37-50)55(82)25-10-5-14-26-65/h44-46,49-52,56-61,63-64,72-74,79,83-86H,3-41,65H2,1-2H3,(H,66,80)(H,67,87)(H,68,75)(H,69,76)(H,88,89)(H,90,101)/t44-,45?,46?,49-,50-,51?,52?,56+,57?,58+,59?,60-,61-,63?,64-,100?/m1/s1. The Morgan fingerprint density at radius 3 is 1.60 bits per heavy atom. The number of nitrogens with zero attached hydrogens (tertiary/aromatic N) is 2. The predicted molar refractivity (Wildman–Crippen MR) is 364 cm³/mol.